The summed E-state index contributed by atoms with van der Waals surface area (Å²) in [6.07, 6.45) is 5.15. The van der Waals surface area contributed by atoms with Gasteiger partial charge in [-0.1, -0.05) is 32.1 Å². The van der Waals surface area contributed by atoms with Crippen LogP contribution in [0.5, 0.6) is 0 Å². The van der Waals surface area contributed by atoms with Gasteiger partial charge in [0.2, 0.25) is 0 Å². The SMILES string of the molecule is CC=C(C)C(O)C(C)C=CC1OC(CC(C)=O)CC(O)C1C. The third kappa shape index (κ3) is 5.34. The molecule has 0 aromatic rings. The van der Waals surface area contributed by atoms with Crippen molar-refractivity contribution in [1.82, 2.24) is 0 Å². The van der Waals surface area contributed by atoms with E-state index in [-0.39, 0.29) is 29.8 Å². The van der Waals surface area contributed by atoms with Crippen molar-refractivity contribution in [1.29, 1.82) is 0 Å². The van der Waals surface area contributed by atoms with Crippen LogP contribution in [0.25, 0.3) is 0 Å². The van der Waals surface area contributed by atoms with Crippen molar-refractivity contribution in [2.75, 3.05) is 0 Å². The zero-order valence-electron chi connectivity index (χ0n) is 14.3. The molecule has 0 amide bonds. The van der Waals surface area contributed by atoms with Crippen molar-refractivity contribution in [3.8, 4) is 0 Å². The minimum atomic E-state index is -0.516. The first-order valence-corrected chi connectivity index (χ1v) is 8.08. The smallest absolute Gasteiger partial charge is 0.132 e. The third-order valence-corrected chi connectivity index (χ3v) is 4.52. The van der Waals surface area contributed by atoms with Gasteiger partial charge in [-0.3, -0.25) is 4.79 Å². The van der Waals surface area contributed by atoms with E-state index in [0.717, 1.165) is 5.57 Å². The van der Waals surface area contributed by atoms with Crippen LogP contribution in [0.1, 0.15) is 47.5 Å². The largest absolute Gasteiger partial charge is 0.393 e. The third-order valence-electron chi connectivity index (χ3n) is 4.52. The summed E-state index contributed by atoms with van der Waals surface area (Å²) in [6.45, 7) is 9.25. The molecular weight excluding hydrogens is 280 g/mol. The average Bonchev–Trinajstić information content (AvgIpc) is 2.46. The molecule has 0 saturated carbocycles. The molecule has 126 valence electrons. The minimum Gasteiger partial charge on any atom is -0.393 e. The van der Waals surface area contributed by atoms with Crippen LogP contribution in [-0.2, 0) is 9.53 Å². The van der Waals surface area contributed by atoms with Crippen LogP contribution >= 0.6 is 0 Å². The monoisotopic (exact) mass is 310 g/mol. The number of carbonyl (C=O) groups excluding carboxylic acids is 1. The number of Topliss-reactive ketones (excluding diaryl/α,β-unsaturated/α-hetero) is 1. The van der Waals surface area contributed by atoms with E-state index in [4.69, 9.17) is 4.74 Å². The summed E-state index contributed by atoms with van der Waals surface area (Å²) in [6, 6.07) is 0. The average molecular weight is 310 g/mol. The Morgan fingerprint density at radius 3 is 2.59 bits per heavy atom. The molecule has 22 heavy (non-hydrogen) atoms. The zero-order valence-corrected chi connectivity index (χ0v) is 14.3. The van der Waals surface area contributed by atoms with E-state index < -0.39 is 12.2 Å². The lowest BCUT2D eigenvalue weighted by atomic mass is 9.87. The Labute approximate surface area is 133 Å². The maximum absolute atomic E-state index is 11.3. The summed E-state index contributed by atoms with van der Waals surface area (Å²) in [4.78, 5) is 11.3. The predicted octanol–water partition coefficient (Wildman–Crippen LogP) is 2.64. The van der Waals surface area contributed by atoms with Gasteiger partial charge in [0.1, 0.15) is 5.78 Å². The number of rotatable bonds is 6. The molecule has 4 nitrogen and oxygen atoms in total. The van der Waals surface area contributed by atoms with Crippen LogP contribution in [0, 0.1) is 11.8 Å². The molecule has 1 rings (SSSR count). The summed E-state index contributed by atoms with van der Waals surface area (Å²) in [7, 11) is 0. The van der Waals surface area contributed by atoms with Crippen LogP contribution in [0.15, 0.2) is 23.8 Å². The number of allylic oxidation sites excluding steroid dienone is 1. The number of carbonyl (C=O) groups is 1. The summed E-state index contributed by atoms with van der Waals surface area (Å²) in [5, 5.41) is 20.3. The number of hydrogen-bond acceptors (Lipinski definition) is 4. The first-order chi connectivity index (χ1) is 10.3. The second-order valence-corrected chi connectivity index (χ2v) is 6.51. The molecule has 1 heterocycles. The van der Waals surface area contributed by atoms with E-state index in [2.05, 4.69) is 0 Å². The quantitative estimate of drug-likeness (QED) is 0.740. The van der Waals surface area contributed by atoms with Crippen molar-refractivity contribution < 1.29 is 19.7 Å². The highest BCUT2D eigenvalue weighted by atomic mass is 16.5. The molecule has 1 fully saturated rings. The van der Waals surface area contributed by atoms with Crippen molar-refractivity contribution >= 4 is 5.78 Å². The standard InChI is InChI=1S/C18H30O4/c1-6-11(2)18(21)12(3)7-8-17-14(5)16(20)10-15(22-17)9-13(4)19/h6-8,12,14-18,20-21H,9-10H2,1-5H3. The van der Waals surface area contributed by atoms with E-state index >= 15 is 0 Å². The number of aliphatic hydroxyl groups excluding tert-OH is 2. The lowest BCUT2D eigenvalue weighted by Crippen LogP contribution is -2.42. The van der Waals surface area contributed by atoms with Crippen LogP contribution in [0.4, 0.5) is 0 Å². The minimum absolute atomic E-state index is 0.0217. The molecule has 0 aromatic carbocycles. The summed E-state index contributed by atoms with van der Waals surface area (Å²) in [5.74, 6) is 0.0194. The molecule has 1 aliphatic rings. The molecule has 2 N–H and O–H groups in total. The van der Waals surface area contributed by atoms with E-state index in [9.17, 15) is 15.0 Å². The van der Waals surface area contributed by atoms with Gasteiger partial charge < -0.3 is 14.9 Å². The fourth-order valence-corrected chi connectivity index (χ4v) is 2.75. The lowest BCUT2D eigenvalue weighted by Gasteiger charge is -2.37. The molecule has 0 radical (unpaired) electrons. The molecular formula is C18H30O4. The van der Waals surface area contributed by atoms with Crippen molar-refractivity contribution in [3.05, 3.63) is 23.8 Å². The Morgan fingerprint density at radius 2 is 2.05 bits per heavy atom. The van der Waals surface area contributed by atoms with Crippen molar-refractivity contribution in [2.24, 2.45) is 11.8 Å². The molecule has 0 aliphatic carbocycles. The van der Waals surface area contributed by atoms with Gasteiger partial charge in [-0.05, 0) is 26.3 Å². The Balaban J connectivity index is 2.72. The van der Waals surface area contributed by atoms with E-state index in [0.29, 0.717) is 12.8 Å². The van der Waals surface area contributed by atoms with Gasteiger partial charge in [0.05, 0.1) is 24.4 Å². The summed E-state index contributed by atoms with van der Waals surface area (Å²) in [5.41, 5.74) is 0.934. The Hall–Kier alpha value is -0.970. The second kappa shape index (κ2) is 8.61. The topological polar surface area (TPSA) is 66.8 Å². The molecule has 1 saturated heterocycles. The predicted molar refractivity (Wildman–Crippen MR) is 87.5 cm³/mol. The Kier molecular flexibility index (Phi) is 7.46. The molecule has 0 bridgehead atoms. The maximum atomic E-state index is 11.3. The van der Waals surface area contributed by atoms with Gasteiger partial charge in [-0.15, -0.1) is 0 Å². The molecule has 0 aromatic heterocycles. The van der Waals surface area contributed by atoms with Gasteiger partial charge in [-0.25, -0.2) is 0 Å². The highest BCUT2D eigenvalue weighted by molar-refractivity contribution is 5.76. The fourth-order valence-electron chi connectivity index (χ4n) is 2.75. The molecule has 4 heteroatoms. The van der Waals surface area contributed by atoms with Crippen LogP contribution in [0.2, 0.25) is 0 Å². The van der Waals surface area contributed by atoms with Gasteiger partial charge in [0.25, 0.3) is 0 Å². The van der Waals surface area contributed by atoms with E-state index in [1.165, 1.54) is 6.92 Å². The zero-order chi connectivity index (χ0) is 16.9. The summed E-state index contributed by atoms with van der Waals surface area (Å²) < 4.78 is 5.93. The number of ether oxygens (including phenoxy) is 1. The molecule has 1 aliphatic heterocycles. The second-order valence-electron chi connectivity index (χ2n) is 6.51. The highest BCUT2D eigenvalue weighted by Crippen LogP contribution is 2.28. The van der Waals surface area contributed by atoms with Crippen LogP contribution in [-0.4, -0.2) is 40.4 Å². The number of hydrogen-bond donors (Lipinski definition) is 2. The van der Waals surface area contributed by atoms with E-state index in [1.54, 1.807) is 0 Å². The first-order valence-electron chi connectivity index (χ1n) is 8.08. The van der Waals surface area contributed by atoms with Crippen LogP contribution in [0.3, 0.4) is 0 Å². The number of ketones is 1. The normalized spacial score (nSPS) is 33.0. The van der Waals surface area contributed by atoms with Crippen molar-refractivity contribution in [3.63, 3.8) is 0 Å². The highest BCUT2D eigenvalue weighted by Gasteiger charge is 2.34. The molecule has 6 unspecified atom stereocenters. The van der Waals surface area contributed by atoms with Gasteiger partial charge in [0, 0.05) is 24.7 Å². The summed E-state index contributed by atoms with van der Waals surface area (Å²) >= 11 is 0. The maximum Gasteiger partial charge on any atom is 0.132 e. The lowest BCUT2D eigenvalue weighted by molar-refractivity contribution is -0.132. The first kappa shape index (κ1) is 19.1. The fraction of sp³-hybridized carbons (Fsp3) is 0.722. The van der Waals surface area contributed by atoms with Gasteiger partial charge in [0.15, 0.2) is 0 Å². The Morgan fingerprint density at radius 1 is 1.41 bits per heavy atom. The van der Waals surface area contributed by atoms with Crippen molar-refractivity contribution in [2.45, 2.75) is 71.9 Å². The molecule has 6 atom stereocenters. The molecule has 0 spiro atoms. The Bertz CT molecular complexity index is 427. The van der Waals surface area contributed by atoms with Crippen LogP contribution < -0.4 is 0 Å². The van der Waals surface area contributed by atoms with Gasteiger partial charge in [-0.2, -0.15) is 0 Å². The van der Waals surface area contributed by atoms with E-state index in [1.807, 2.05) is 45.9 Å². The van der Waals surface area contributed by atoms with Gasteiger partial charge >= 0.3 is 0 Å². The number of aliphatic hydroxyl groups is 2.